The Labute approximate surface area is 181 Å². The van der Waals surface area contributed by atoms with E-state index in [4.69, 9.17) is 4.74 Å². The highest BCUT2D eigenvalue weighted by Gasteiger charge is 2.19. The van der Waals surface area contributed by atoms with Crippen molar-refractivity contribution >= 4 is 11.8 Å². The lowest BCUT2D eigenvalue weighted by atomic mass is 9.99. The second kappa shape index (κ2) is 13.0. The molecule has 0 bridgehead atoms. The summed E-state index contributed by atoms with van der Waals surface area (Å²) in [6.07, 6.45) is 8.95. The van der Waals surface area contributed by atoms with Crippen LogP contribution < -0.4 is 0 Å². The highest BCUT2D eigenvalue weighted by atomic mass is 16.5. The van der Waals surface area contributed by atoms with Gasteiger partial charge >= 0.3 is 5.97 Å². The second-order valence-electron chi connectivity index (χ2n) is 8.04. The first-order chi connectivity index (χ1) is 14.5. The molecular weight excluding hydrogens is 372 g/mol. The molecule has 0 aromatic heterocycles. The Morgan fingerprint density at radius 1 is 0.767 bits per heavy atom. The molecule has 1 unspecified atom stereocenters. The van der Waals surface area contributed by atoms with E-state index in [9.17, 15) is 9.59 Å². The van der Waals surface area contributed by atoms with Crippen molar-refractivity contribution in [3.05, 3.63) is 59.7 Å². The molecule has 0 aliphatic heterocycles. The molecule has 0 saturated heterocycles. The maximum absolute atomic E-state index is 12.5. The fraction of sp³-hybridized carbons (Fsp3) is 0.481. The molecule has 0 radical (unpaired) electrons. The fourth-order valence-corrected chi connectivity index (χ4v) is 3.49. The lowest BCUT2D eigenvalue weighted by Crippen LogP contribution is -2.24. The van der Waals surface area contributed by atoms with Crippen LogP contribution in [-0.4, -0.2) is 17.9 Å². The predicted octanol–water partition coefficient (Wildman–Crippen LogP) is 7.17. The average molecular weight is 409 g/mol. The molecule has 2 aromatic rings. The quantitative estimate of drug-likeness (QED) is 0.200. The second-order valence-corrected chi connectivity index (χ2v) is 8.04. The van der Waals surface area contributed by atoms with E-state index in [1.54, 1.807) is 6.92 Å². The van der Waals surface area contributed by atoms with Gasteiger partial charge in [-0.2, -0.15) is 0 Å². The molecule has 3 nitrogen and oxygen atoms in total. The van der Waals surface area contributed by atoms with Gasteiger partial charge in [-0.05, 0) is 42.9 Å². The minimum atomic E-state index is -0.753. The molecule has 3 heteroatoms. The van der Waals surface area contributed by atoms with Crippen molar-refractivity contribution in [1.29, 1.82) is 0 Å². The van der Waals surface area contributed by atoms with Gasteiger partial charge in [-0.1, -0.05) is 94.5 Å². The van der Waals surface area contributed by atoms with Gasteiger partial charge in [0.05, 0.1) is 0 Å². The van der Waals surface area contributed by atoms with E-state index < -0.39 is 6.10 Å². The van der Waals surface area contributed by atoms with Gasteiger partial charge in [0.25, 0.3) is 0 Å². The summed E-state index contributed by atoms with van der Waals surface area (Å²) in [6, 6.07) is 16.2. The van der Waals surface area contributed by atoms with Crippen LogP contribution in [0.1, 0.15) is 88.1 Å². The maximum atomic E-state index is 12.5. The predicted molar refractivity (Wildman–Crippen MR) is 124 cm³/mol. The van der Waals surface area contributed by atoms with Gasteiger partial charge in [0.1, 0.15) is 0 Å². The number of esters is 1. The van der Waals surface area contributed by atoms with Crippen molar-refractivity contribution in [2.75, 3.05) is 0 Å². The van der Waals surface area contributed by atoms with Crippen LogP contribution in [0.15, 0.2) is 48.5 Å². The minimum absolute atomic E-state index is 0.162. The van der Waals surface area contributed by atoms with Crippen molar-refractivity contribution in [1.82, 2.24) is 0 Å². The Balaban J connectivity index is 1.90. The van der Waals surface area contributed by atoms with Crippen LogP contribution >= 0.6 is 0 Å². The van der Waals surface area contributed by atoms with Gasteiger partial charge in [0.15, 0.2) is 6.10 Å². The van der Waals surface area contributed by atoms with Crippen molar-refractivity contribution in [2.24, 2.45) is 0 Å². The number of hydrogen-bond acceptors (Lipinski definition) is 3. The van der Waals surface area contributed by atoms with Crippen LogP contribution in [-0.2, 0) is 16.0 Å². The summed E-state index contributed by atoms with van der Waals surface area (Å²) in [6.45, 7) is 5.90. The molecule has 0 fully saturated rings. The van der Waals surface area contributed by atoms with Gasteiger partial charge in [-0.15, -0.1) is 0 Å². The first kappa shape index (κ1) is 23.9. The van der Waals surface area contributed by atoms with Crippen LogP contribution in [0.2, 0.25) is 0 Å². The Bertz CT molecular complexity index is 775. The van der Waals surface area contributed by atoms with E-state index >= 15 is 0 Å². The number of rotatable bonds is 13. The summed E-state index contributed by atoms with van der Waals surface area (Å²) in [5.74, 6) is -0.468. The van der Waals surface area contributed by atoms with Crippen molar-refractivity contribution < 1.29 is 14.3 Å². The maximum Gasteiger partial charge on any atom is 0.306 e. The molecule has 2 rings (SSSR count). The van der Waals surface area contributed by atoms with E-state index in [2.05, 4.69) is 31.2 Å². The fourth-order valence-electron chi connectivity index (χ4n) is 3.49. The Morgan fingerprint density at radius 2 is 1.33 bits per heavy atom. The lowest BCUT2D eigenvalue weighted by molar-refractivity contribution is -0.146. The summed E-state index contributed by atoms with van der Waals surface area (Å²) >= 11 is 0. The molecule has 0 amide bonds. The highest BCUT2D eigenvalue weighted by molar-refractivity contribution is 6.00. The standard InChI is InChI=1S/C27H36O3/c1-4-6-8-9-10-11-22-13-15-23(16-14-22)24-17-19-25(20-18-24)27(29)21(3)30-26(28)12-7-5-2/h13-21H,4-12H2,1-3H3. The van der Waals surface area contributed by atoms with Crippen LogP contribution in [0.4, 0.5) is 0 Å². The zero-order chi connectivity index (χ0) is 21.8. The van der Waals surface area contributed by atoms with E-state index in [1.807, 2.05) is 31.2 Å². The molecule has 0 aliphatic carbocycles. The largest absolute Gasteiger partial charge is 0.454 e. The van der Waals surface area contributed by atoms with Gasteiger partial charge in [-0.3, -0.25) is 9.59 Å². The molecule has 0 spiro atoms. The summed E-state index contributed by atoms with van der Waals surface area (Å²) in [4.78, 5) is 24.3. The molecule has 0 aliphatic rings. The topological polar surface area (TPSA) is 43.4 Å². The highest BCUT2D eigenvalue weighted by Crippen LogP contribution is 2.22. The number of carbonyl (C=O) groups excluding carboxylic acids is 2. The third kappa shape index (κ3) is 7.78. The number of aryl methyl sites for hydroxylation is 1. The van der Waals surface area contributed by atoms with Gasteiger partial charge in [-0.25, -0.2) is 0 Å². The third-order valence-corrected chi connectivity index (χ3v) is 5.44. The average Bonchev–Trinajstić information content (AvgIpc) is 2.77. The number of hydrogen-bond donors (Lipinski definition) is 0. The molecule has 0 saturated carbocycles. The number of ketones is 1. The van der Waals surface area contributed by atoms with Crippen LogP contribution in [0.5, 0.6) is 0 Å². The third-order valence-electron chi connectivity index (χ3n) is 5.44. The van der Waals surface area contributed by atoms with E-state index in [-0.39, 0.29) is 11.8 Å². The van der Waals surface area contributed by atoms with Gasteiger partial charge in [0, 0.05) is 12.0 Å². The number of unbranched alkanes of at least 4 members (excludes halogenated alkanes) is 5. The molecule has 162 valence electrons. The summed E-state index contributed by atoms with van der Waals surface area (Å²) in [7, 11) is 0. The number of Topliss-reactive ketones (excluding diaryl/α,β-unsaturated/α-hetero) is 1. The Morgan fingerprint density at radius 3 is 1.93 bits per heavy atom. The monoisotopic (exact) mass is 408 g/mol. The molecule has 2 aromatic carbocycles. The lowest BCUT2D eigenvalue weighted by Gasteiger charge is -2.12. The molecule has 30 heavy (non-hydrogen) atoms. The molecule has 0 heterocycles. The number of ether oxygens (including phenoxy) is 1. The molecule has 0 N–H and O–H groups in total. The van der Waals surface area contributed by atoms with Crippen molar-refractivity contribution in [3.8, 4) is 11.1 Å². The van der Waals surface area contributed by atoms with Crippen molar-refractivity contribution in [3.63, 3.8) is 0 Å². The van der Waals surface area contributed by atoms with Crippen LogP contribution in [0.3, 0.4) is 0 Å². The van der Waals surface area contributed by atoms with Crippen LogP contribution in [0.25, 0.3) is 11.1 Å². The van der Waals surface area contributed by atoms with E-state index in [0.29, 0.717) is 12.0 Å². The molecule has 1 atom stereocenters. The Hall–Kier alpha value is -2.42. The number of carbonyl (C=O) groups is 2. The smallest absolute Gasteiger partial charge is 0.306 e. The van der Waals surface area contributed by atoms with Gasteiger partial charge in [0.2, 0.25) is 5.78 Å². The minimum Gasteiger partial charge on any atom is -0.454 e. The van der Waals surface area contributed by atoms with Crippen molar-refractivity contribution in [2.45, 2.75) is 84.7 Å². The van der Waals surface area contributed by atoms with E-state index in [0.717, 1.165) is 30.4 Å². The normalized spacial score (nSPS) is 11.8. The zero-order valence-electron chi connectivity index (χ0n) is 18.8. The zero-order valence-corrected chi connectivity index (χ0v) is 18.8. The first-order valence-electron chi connectivity index (χ1n) is 11.5. The van der Waals surface area contributed by atoms with Crippen LogP contribution in [0, 0.1) is 0 Å². The molecular formula is C27H36O3. The summed E-state index contributed by atoms with van der Waals surface area (Å²) in [5, 5.41) is 0. The number of benzene rings is 2. The Kier molecular flexibility index (Phi) is 10.3. The van der Waals surface area contributed by atoms with E-state index in [1.165, 1.54) is 37.7 Å². The first-order valence-corrected chi connectivity index (χ1v) is 11.5. The van der Waals surface area contributed by atoms with Gasteiger partial charge < -0.3 is 4.74 Å². The summed E-state index contributed by atoms with van der Waals surface area (Å²) in [5.41, 5.74) is 4.16. The SMILES string of the molecule is CCCCCCCc1ccc(-c2ccc(C(=O)C(C)OC(=O)CCCC)cc2)cc1. The summed E-state index contributed by atoms with van der Waals surface area (Å²) < 4.78 is 5.26.